The van der Waals surface area contributed by atoms with Crippen LogP contribution in [-0.2, 0) is 13.2 Å². The Morgan fingerprint density at radius 1 is 0.714 bits per heavy atom. The normalized spacial score (nSPS) is 10.8. The summed E-state index contributed by atoms with van der Waals surface area (Å²) >= 11 is 12.9. The Bertz CT molecular complexity index is 1070. The van der Waals surface area contributed by atoms with Crippen LogP contribution in [0.2, 0.25) is 10.0 Å². The van der Waals surface area contributed by atoms with Crippen LogP contribution in [0.1, 0.15) is 11.1 Å². The van der Waals surface area contributed by atoms with Gasteiger partial charge in [0, 0.05) is 17.6 Å². The van der Waals surface area contributed by atoms with Crippen molar-refractivity contribution in [1.29, 1.82) is 0 Å². The molecule has 1 N–H and O–H groups in total. The predicted molar refractivity (Wildman–Crippen MR) is 119 cm³/mol. The fraction of sp³-hybridized carbons (Fsp3) is 0.0833. The molecule has 0 heterocycles. The van der Waals surface area contributed by atoms with Crippen molar-refractivity contribution in [2.45, 2.75) is 13.2 Å². The highest BCUT2D eigenvalue weighted by atomic mass is 35.5. The largest absolute Gasteiger partial charge is 0.486 e. The van der Waals surface area contributed by atoms with Crippen molar-refractivity contribution in [1.82, 2.24) is 0 Å². The predicted octanol–water partition coefficient (Wildman–Crippen LogP) is 7.34. The van der Waals surface area contributed by atoms with Crippen LogP contribution < -0.4 is 10.1 Å². The highest BCUT2D eigenvalue weighted by Crippen LogP contribution is 2.35. The molecule has 4 heteroatoms. The summed E-state index contributed by atoms with van der Waals surface area (Å²) in [5.74, 6) is 0.515. The van der Waals surface area contributed by atoms with Gasteiger partial charge >= 0.3 is 0 Å². The molecule has 0 atom stereocenters. The lowest BCUT2D eigenvalue weighted by molar-refractivity contribution is 0.306. The van der Waals surface area contributed by atoms with Gasteiger partial charge in [-0.1, -0.05) is 89.9 Å². The van der Waals surface area contributed by atoms with Gasteiger partial charge in [0.1, 0.15) is 6.61 Å². The standard InChI is InChI=1S/C24H19Cl2NO/c25-21-13-18(14-22(26)24(21)28-16-17-7-2-1-3-8-17)15-27-23-12-6-10-19-9-4-5-11-20(19)23/h1-14,27H,15-16H2. The number of anilines is 1. The van der Waals surface area contributed by atoms with Crippen LogP contribution in [0, 0.1) is 0 Å². The van der Waals surface area contributed by atoms with Gasteiger partial charge in [0.05, 0.1) is 10.0 Å². The molecule has 4 aromatic carbocycles. The molecule has 0 aromatic heterocycles. The molecule has 28 heavy (non-hydrogen) atoms. The van der Waals surface area contributed by atoms with Crippen LogP contribution in [-0.4, -0.2) is 0 Å². The molecule has 0 aliphatic heterocycles. The van der Waals surface area contributed by atoms with Crippen LogP contribution in [0.5, 0.6) is 5.75 Å². The van der Waals surface area contributed by atoms with Crippen LogP contribution >= 0.6 is 23.2 Å². The van der Waals surface area contributed by atoms with E-state index in [-0.39, 0.29) is 0 Å². The van der Waals surface area contributed by atoms with E-state index in [0.717, 1.165) is 16.8 Å². The second kappa shape index (κ2) is 8.55. The van der Waals surface area contributed by atoms with Gasteiger partial charge in [-0.2, -0.15) is 0 Å². The van der Waals surface area contributed by atoms with Gasteiger partial charge in [0.2, 0.25) is 0 Å². The number of hydrogen-bond acceptors (Lipinski definition) is 2. The third-order valence-electron chi connectivity index (χ3n) is 4.56. The Labute approximate surface area is 174 Å². The molecular weight excluding hydrogens is 389 g/mol. The second-order valence-corrected chi connectivity index (χ2v) is 7.36. The van der Waals surface area contributed by atoms with Gasteiger partial charge < -0.3 is 10.1 Å². The molecular formula is C24H19Cl2NO. The summed E-state index contributed by atoms with van der Waals surface area (Å²) in [5.41, 5.74) is 3.14. The lowest BCUT2D eigenvalue weighted by Gasteiger charge is -2.14. The van der Waals surface area contributed by atoms with Crippen molar-refractivity contribution in [2.24, 2.45) is 0 Å². The van der Waals surface area contributed by atoms with E-state index in [1.165, 1.54) is 10.8 Å². The highest BCUT2D eigenvalue weighted by Gasteiger charge is 2.11. The summed E-state index contributed by atoms with van der Waals surface area (Å²) in [5, 5.41) is 6.89. The number of fused-ring (bicyclic) bond motifs is 1. The lowest BCUT2D eigenvalue weighted by atomic mass is 10.1. The zero-order chi connectivity index (χ0) is 19.3. The van der Waals surface area contributed by atoms with E-state index in [0.29, 0.717) is 28.9 Å². The minimum atomic E-state index is 0.424. The summed E-state index contributed by atoms with van der Waals surface area (Å²) in [6.07, 6.45) is 0. The van der Waals surface area contributed by atoms with E-state index in [2.05, 4.69) is 29.6 Å². The second-order valence-electron chi connectivity index (χ2n) is 6.54. The lowest BCUT2D eigenvalue weighted by Crippen LogP contribution is -2.02. The maximum atomic E-state index is 6.44. The molecule has 4 aromatic rings. The van der Waals surface area contributed by atoms with E-state index in [1.807, 2.05) is 60.7 Å². The Hall–Kier alpha value is -2.68. The third-order valence-corrected chi connectivity index (χ3v) is 5.12. The average molecular weight is 408 g/mol. The Morgan fingerprint density at radius 3 is 2.18 bits per heavy atom. The minimum absolute atomic E-state index is 0.424. The number of ether oxygens (including phenoxy) is 1. The van der Waals surface area contributed by atoms with Gasteiger partial charge in [0.15, 0.2) is 5.75 Å². The van der Waals surface area contributed by atoms with Crippen molar-refractivity contribution >= 4 is 39.7 Å². The monoisotopic (exact) mass is 407 g/mol. The first kappa shape index (κ1) is 18.7. The first-order chi connectivity index (χ1) is 13.7. The maximum Gasteiger partial charge on any atom is 0.156 e. The van der Waals surface area contributed by atoms with Crippen molar-refractivity contribution in [3.8, 4) is 5.75 Å². The highest BCUT2D eigenvalue weighted by molar-refractivity contribution is 6.37. The molecule has 4 rings (SSSR count). The van der Waals surface area contributed by atoms with Crippen molar-refractivity contribution in [2.75, 3.05) is 5.32 Å². The molecule has 140 valence electrons. The molecule has 0 radical (unpaired) electrons. The summed E-state index contributed by atoms with van der Waals surface area (Å²) in [6, 6.07) is 28.2. The summed E-state index contributed by atoms with van der Waals surface area (Å²) in [6.45, 7) is 1.04. The van der Waals surface area contributed by atoms with Crippen molar-refractivity contribution in [3.63, 3.8) is 0 Å². The number of benzene rings is 4. The minimum Gasteiger partial charge on any atom is -0.486 e. The van der Waals surface area contributed by atoms with Crippen LogP contribution in [0.4, 0.5) is 5.69 Å². The fourth-order valence-corrected chi connectivity index (χ4v) is 3.80. The first-order valence-corrected chi connectivity index (χ1v) is 9.82. The van der Waals surface area contributed by atoms with Crippen molar-refractivity contribution < 1.29 is 4.74 Å². The zero-order valence-electron chi connectivity index (χ0n) is 15.2. The van der Waals surface area contributed by atoms with E-state index in [1.54, 1.807) is 0 Å². The van der Waals surface area contributed by atoms with E-state index in [9.17, 15) is 0 Å². The molecule has 0 unspecified atom stereocenters. The molecule has 0 aliphatic rings. The number of halogens is 2. The van der Waals surface area contributed by atoms with Gasteiger partial charge in [-0.05, 0) is 34.7 Å². The van der Waals surface area contributed by atoms with Gasteiger partial charge in [-0.3, -0.25) is 0 Å². The average Bonchev–Trinajstić information content (AvgIpc) is 2.72. The van der Waals surface area contributed by atoms with E-state index in [4.69, 9.17) is 27.9 Å². The SMILES string of the molecule is Clc1cc(CNc2cccc3ccccc23)cc(Cl)c1OCc1ccccc1. The van der Waals surface area contributed by atoms with E-state index < -0.39 is 0 Å². The molecule has 0 bridgehead atoms. The summed E-state index contributed by atoms with van der Waals surface area (Å²) < 4.78 is 5.84. The smallest absolute Gasteiger partial charge is 0.156 e. The van der Waals surface area contributed by atoms with Crippen LogP contribution in [0.3, 0.4) is 0 Å². The topological polar surface area (TPSA) is 21.3 Å². The molecule has 0 fully saturated rings. The molecule has 0 saturated heterocycles. The fourth-order valence-electron chi connectivity index (χ4n) is 3.16. The Balaban J connectivity index is 1.48. The zero-order valence-corrected chi connectivity index (χ0v) is 16.7. The Morgan fingerprint density at radius 2 is 1.39 bits per heavy atom. The van der Waals surface area contributed by atoms with Gasteiger partial charge in [0.25, 0.3) is 0 Å². The van der Waals surface area contributed by atoms with Crippen LogP contribution in [0.15, 0.2) is 84.9 Å². The quantitative estimate of drug-likeness (QED) is 0.360. The van der Waals surface area contributed by atoms with Gasteiger partial charge in [-0.25, -0.2) is 0 Å². The van der Waals surface area contributed by atoms with Gasteiger partial charge in [-0.15, -0.1) is 0 Å². The Kier molecular flexibility index (Phi) is 5.70. The molecule has 0 amide bonds. The number of rotatable bonds is 6. The van der Waals surface area contributed by atoms with Crippen LogP contribution in [0.25, 0.3) is 10.8 Å². The molecule has 0 spiro atoms. The molecule has 2 nitrogen and oxygen atoms in total. The van der Waals surface area contributed by atoms with E-state index >= 15 is 0 Å². The van der Waals surface area contributed by atoms with Crippen molar-refractivity contribution in [3.05, 3.63) is 106 Å². The maximum absolute atomic E-state index is 6.44. The summed E-state index contributed by atoms with van der Waals surface area (Å²) in [4.78, 5) is 0. The molecule has 0 saturated carbocycles. The third kappa shape index (κ3) is 4.24. The molecule has 0 aliphatic carbocycles. The summed E-state index contributed by atoms with van der Waals surface area (Å²) in [7, 11) is 0. The first-order valence-electron chi connectivity index (χ1n) is 9.07. The number of nitrogens with one attached hydrogen (secondary N) is 1. The number of hydrogen-bond donors (Lipinski definition) is 1.